The minimum Gasteiger partial charge on any atom is -0.481 e. The predicted molar refractivity (Wildman–Crippen MR) is 395 cm³/mol. The van der Waals surface area contributed by atoms with Crippen molar-refractivity contribution in [1.29, 1.82) is 0 Å². The highest BCUT2D eigenvalue weighted by atomic mass is 16.4. The van der Waals surface area contributed by atoms with E-state index in [0.717, 1.165) is 86.9 Å². The fourth-order valence-corrected chi connectivity index (χ4v) is 34.5. The molecule has 15 aliphatic rings. The zero-order valence-corrected chi connectivity index (χ0v) is 65.6. The van der Waals surface area contributed by atoms with Crippen molar-refractivity contribution in [1.82, 2.24) is 0 Å². The van der Waals surface area contributed by atoms with Crippen molar-refractivity contribution in [3.63, 3.8) is 0 Å². The normalized spacial score (nSPS) is 56.4. The van der Waals surface area contributed by atoms with Crippen LogP contribution in [0.2, 0.25) is 0 Å². The van der Waals surface area contributed by atoms with E-state index >= 15 is 0 Å². The van der Waals surface area contributed by atoms with Crippen molar-refractivity contribution < 1.29 is 30.3 Å². The molecule has 96 heavy (non-hydrogen) atoms. The molecule has 0 aromatic rings. The molecule has 0 spiro atoms. The number of aliphatic carboxylic acids is 1. The molecule has 6 nitrogen and oxygen atoms in total. The van der Waals surface area contributed by atoms with Gasteiger partial charge in [0.05, 0.1) is 23.7 Å². The number of fused-ring (bicyclic) bond motifs is 21. The predicted octanol–water partition coefficient (Wildman–Crippen LogP) is 22.1. The van der Waals surface area contributed by atoms with Gasteiger partial charge in [-0.25, -0.2) is 0 Å². The number of aliphatic hydroxyl groups excluding tert-OH is 4. The molecule has 0 unspecified atom stereocenters. The van der Waals surface area contributed by atoms with Gasteiger partial charge in [0, 0.05) is 6.61 Å². The molecule has 0 aromatic heterocycles. The Kier molecular flexibility index (Phi) is 17.7. The fourth-order valence-electron chi connectivity index (χ4n) is 34.5. The largest absolute Gasteiger partial charge is 0.481 e. The van der Waals surface area contributed by atoms with Gasteiger partial charge in [0.2, 0.25) is 0 Å². The summed E-state index contributed by atoms with van der Waals surface area (Å²) in [6.07, 6.45) is 36.0. The Hall–Kier alpha value is -1.47. The molecule has 0 aliphatic heterocycles. The molecule has 0 heterocycles. The number of rotatable bonds is 5. The number of allylic oxidation sites excluding steroid dienone is 3. The van der Waals surface area contributed by atoms with E-state index in [4.69, 9.17) is 0 Å². The van der Waals surface area contributed by atoms with E-state index in [9.17, 15) is 30.3 Å². The number of carboxylic acid groups (broad SMARTS) is 1. The van der Waals surface area contributed by atoms with Crippen LogP contribution in [-0.2, 0) is 4.79 Å². The van der Waals surface area contributed by atoms with E-state index in [1.165, 1.54) is 158 Å². The number of aliphatic hydroxyl groups is 4. The van der Waals surface area contributed by atoms with Crippen LogP contribution in [0.3, 0.4) is 0 Å². The lowest BCUT2D eigenvalue weighted by molar-refractivity contribution is -0.249. The van der Waals surface area contributed by atoms with E-state index in [-0.39, 0.29) is 62.1 Å². The van der Waals surface area contributed by atoms with Crippen molar-refractivity contribution in [2.45, 2.75) is 342 Å². The maximum absolute atomic E-state index is 12.8. The van der Waals surface area contributed by atoms with Gasteiger partial charge in [0.15, 0.2) is 0 Å². The van der Waals surface area contributed by atoms with Gasteiger partial charge in [0.1, 0.15) is 0 Å². The number of carboxylic acids is 1. The highest BCUT2D eigenvalue weighted by molar-refractivity contribution is 5.76. The maximum atomic E-state index is 12.8. The average molecular weight is 1330 g/mol. The first kappa shape index (κ1) is 72.9. The third-order valence-electron chi connectivity index (χ3n) is 40.5. The Morgan fingerprint density at radius 3 is 1.05 bits per heavy atom. The molecular weight excluding hydrogens is 1180 g/mol. The highest BCUT2D eigenvalue weighted by Gasteiger charge is 2.75. The van der Waals surface area contributed by atoms with Crippen LogP contribution in [0.25, 0.3) is 0 Å². The molecule has 15 aliphatic carbocycles. The standard InChI is InChI=1S/C30H48O3.C30H50O2.C30H50O/c1-18(2)19-10-15-30(25(32)33)17-16-28(6)20(24(19)30)8-9-22-27(5)13-12-23(31)26(3,4)21(27)11-14-29(22,28)7;1-19(2)20-10-15-30(18-31)17-16-28(6)21(25(20)30)8-9-23-27(5)13-12-24(32)26(3,4)22(27)11-14-29(23,28)7;1-19(2)20-11-14-27(5)17-18-29(7)21(25(20)27)9-10-23-28(6)15-13-24(31)26(3,4)22(28)12-16-30(23,29)8/h19-24,31H,1,8-17H2,2-7H3,(H,32,33);20-25,31-32H,1,8-18H2,2-7H3;20-25,31H,1,9-18H2,2-8H3/t19-,20+,21-,22+,23-,24+,27-,28+,29+,30-;20-,21+,22-,23+,24-,25+,27-,28+,29+,30+;20-,21+,22-,23+,24-,25+,27+,28-,29+,30+/m000/s1. The van der Waals surface area contributed by atoms with Crippen molar-refractivity contribution in [2.24, 2.45) is 170 Å². The number of hydrogen-bond acceptors (Lipinski definition) is 5. The quantitative estimate of drug-likeness (QED) is 0.175. The van der Waals surface area contributed by atoms with Gasteiger partial charge < -0.3 is 25.5 Å². The summed E-state index contributed by atoms with van der Waals surface area (Å²) >= 11 is 0. The second-order valence-corrected chi connectivity index (χ2v) is 43.8. The monoisotopic (exact) mass is 1330 g/mol. The third-order valence-corrected chi connectivity index (χ3v) is 40.5. The summed E-state index contributed by atoms with van der Waals surface area (Å²) in [4.78, 5) is 12.8. The Morgan fingerprint density at radius 2 is 0.667 bits per heavy atom. The first-order valence-corrected chi connectivity index (χ1v) is 41.3. The van der Waals surface area contributed by atoms with E-state index in [0.29, 0.717) is 91.9 Å². The molecule has 0 amide bonds. The Balaban J connectivity index is 0.000000130. The van der Waals surface area contributed by atoms with Gasteiger partial charge in [0.25, 0.3) is 0 Å². The van der Waals surface area contributed by atoms with Gasteiger partial charge >= 0.3 is 5.97 Å². The van der Waals surface area contributed by atoms with Gasteiger partial charge in [-0.3, -0.25) is 4.79 Å². The van der Waals surface area contributed by atoms with Crippen LogP contribution in [0, 0.1) is 170 Å². The Labute approximate surface area is 588 Å². The molecule has 30 atom stereocenters. The van der Waals surface area contributed by atoms with Crippen LogP contribution in [-0.4, -0.2) is 56.4 Å². The summed E-state index contributed by atoms with van der Waals surface area (Å²) in [5.41, 5.74) is 7.34. The molecule has 0 aromatic carbocycles. The minimum absolute atomic E-state index is 0.0202. The van der Waals surface area contributed by atoms with Crippen LogP contribution < -0.4 is 0 Å². The molecule has 6 heteroatoms. The lowest BCUT2D eigenvalue weighted by Crippen LogP contribution is -2.67. The average Bonchev–Trinajstić information content (AvgIpc) is 1.00. The molecule has 15 fully saturated rings. The smallest absolute Gasteiger partial charge is 0.309 e. The summed E-state index contributed by atoms with van der Waals surface area (Å²) in [5, 5.41) is 53.8. The fraction of sp³-hybridized carbons (Fsp3) is 0.922. The van der Waals surface area contributed by atoms with Crippen molar-refractivity contribution in [2.75, 3.05) is 6.61 Å². The molecule has 5 N–H and O–H groups in total. The molecule has 544 valence electrons. The van der Waals surface area contributed by atoms with Crippen LogP contribution >= 0.6 is 0 Å². The molecule has 0 bridgehead atoms. The SMILES string of the molecule is C=C(C)[C@@H]1CC[C@]2(C(=O)O)CC[C@]3(C)[C@H](CC[C@@H]4[C@@]5(C)CC[C@H](O)C(C)(C)[C@@H]5CC[C@]43C)[C@@H]12.C=C(C)[C@@H]1CC[C@]2(C)CC[C@]3(C)[C@H](CC[C@@H]4[C@@]5(C)CC[C@H](O)C(C)(C)[C@@H]5CC[C@]43C)[C@@H]12.C=C(C)[C@@H]1CC[C@]2(CO)CC[C@]3(C)[C@H](CC[C@@H]4[C@@]5(C)CC[C@H](O)C(C)(C)[C@@H]5CC[C@]43C)[C@@H]12. The third kappa shape index (κ3) is 9.44. The van der Waals surface area contributed by atoms with Gasteiger partial charge in [-0.05, 0) is 378 Å². The Bertz CT molecular complexity index is 3040. The van der Waals surface area contributed by atoms with Crippen molar-refractivity contribution >= 4 is 5.97 Å². The van der Waals surface area contributed by atoms with E-state index in [1.807, 2.05) is 0 Å². The molecular formula is C90H148O6. The van der Waals surface area contributed by atoms with Crippen LogP contribution in [0.15, 0.2) is 36.5 Å². The Morgan fingerprint density at radius 1 is 0.333 bits per heavy atom. The van der Waals surface area contributed by atoms with E-state index in [1.54, 1.807) is 0 Å². The molecule has 0 saturated heterocycles. The first-order valence-electron chi connectivity index (χ1n) is 41.3. The van der Waals surface area contributed by atoms with E-state index in [2.05, 4.69) is 151 Å². The molecule has 0 radical (unpaired) electrons. The summed E-state index contributed by atoms with van der Waals surface area (Å²) < 4.78 is 0. The first-order chi connectivity index (χ1) is 44.4. The molecule has 15 saturated carbocycles. The number of hydrogen-bond donors (Lipinski definition) is 5. The second-order valence-electron chi connectivity index (χ2n) is 43.8. The van der Waals surface area contributed by atoms with Crippen LogP contribution in [0.4, 0.5) is 0 Å². The topological polar surface area (TPSA) is 118 Å². The summed E-state index contributed by atoms with van der Waals surface area (Å²) in [6.45, 7) is 60.9. The lowest BCUT2D eigenvalue weighted by Gasteiger charge is -2.73. The summed E-state index contributed by atoms with van der Waals surface area (Å²) in [5.74, 6) is 9.10. The van der Waals surface area contributed by atoms with E-state index < -0.39 is 11.4 Å². The maximum Gasteiger partial charge on any atom is 0.309 e. The van der Waals surface area contributed by atoms with Crippen LogP contribution in [0.1, 0.15) is 324 Å². The van der Waals surface area contributed by atoms with Crippen molar-refractivity contribution in [3.05, 3.63) is 36.5 Å². The highest BCUT2D eigenvalue weighted by Crippen LogP contribution is 2.82. The van der Waals surface area contributed by atoms with Gasteiger partial charge in [-0.15, -0.1) is 0 Å². The van der Waals surface area contributed by atoms with Crippen molar-refractivity contribution in [3.8, 4) is 0 Å². The number of carbonyl (C=O) groups is 1. The lowest BCUT2D eigenvalue weighted by atomic mass is 9.32. The summed E-state index contributed by atoms with van der Waals surface area (Å²) in [7, 11) is 0. The zero-order valence-electron chi connectivity index (χ0n) is 65.6. The second kappa shape index (κ2) is 23.3. The van der Waals surface area contributed by atoms with Gasteiger partial charge in [-0.1, -0.05) is 147 Å². The zero-order chi connectivity index (χ0) is 70.1. The molecule has 15 rings (SSSR count). The summed E-state index contributed by atoms with van der Waals surface area (Å²) in [6, 6.07) is 0. The van der Waals surface area contributed by atoms with Crippen LogP contribution in [0.5, 0.6) is 0 Å². The minimum atomic E-state index is -0.538. The van der Waals surface area contributed by atoms with Gasteiger partial charge in [-0.2, -0.15) is 0 Å².